The second kappa shape index (κ2) is 9.75. The molecule has 2 aromatic carbocycles. The lowest BCUT2D eigenvalue weighted by atomic mass is 9.72. The first-order valence-electron chi connectivity index (χ1n) is 11.4. The predicted molar refractivity (Wildman–Crippen MR) is 158 cm³/mol. The summed E-state index contributed by atoms with van der Waals surface area (Å²) in [4.78, 5) is 3.95. The molecule has 1 aliphatic carbocycles. The maximum atomic E-state index is 3.65. The van der Waals surface area contributed by atoms with Crippen LogP contribution < -0.4 is 5.32 Å². The molecule has 0 spiro atoms. The van der Waals surface area contributed by atoms with E-state index in [2.05, 4.69) is 135 Å². The quantitative estimate of drug-likeness (QED) is 0.213. The maximum Gasteiger partial charge on any atom is 0.0705 e. The van der Waals surface area contributed by atoms with Crippen LogP contribution in [0.4, 0.5) is 5.69 Å². The molecule has 35 heavy (non-hydrogen) atoms. The number of thiophene rings is 3. The van der Waals surface area contributed by atoms with Crippen LogP contribution in [0.1, 0.15) is 16.9 Å². The van der Waals surface area contributed by atoms with Gasteiger partial charge in [0, 0.05) is 26.0 Å². The molecule has 1 unspecified atom stereocenters. The van der Waals surface area contributed by atoms with Crippen molar-refractivity contribution in [3.63, 3.8) is 0 Å². The Balaban J connectivity index is 1.32. The Kier molecular flexibility index (Phi) is 6.33. The van der Waals surface area contributed by atoms with E-state index in [0.29, 0.717) is 0 Å². The van der Waals surface area contributed by atoms with Crippen LogP contribution in [0, 0.1) is 0 Å². The van der Waals surface area contributed by atoms with E-state index in [4.69, 9.17) is 0 Å². The van der Waals surface area contributed by atoms with Crippen molar-refractivity contribution in [2.75, 3.05) is 5.32 Å². The minimum atomic E-state index is -0.185. The zero-order valence-electron chi connectivity index (χ0n) is 18.8. The van der Waals surface area contributed by atoms with E-state index in [-0.39, 0.29) is 5.41 Å². The molecule has 1 N–H and O–H groups in total. The van der Waals surface area contributed by atoms with Crippen molar-refractivity contribution in [3.05, 3.63) is 134 Å². The van der Waals surface area contributed by atoms with Gasteiger partial charge in [-0.3, -0.25) is 0 Å². The van der Waals surface area contributed by atoms with Crippen LogP contribution in [0.25, 0.3) is 20.9 Å². The van der Waals surface area contributed by atoms with Crippen LogP contribution in [0.3, 0.4) is 0 Å². The third-order valence-corrected chi connectivity index (χ3v) is 10.0. The SMILES string of the molecule is Brc1ccc(-c2ccccc2C2(c3cccs3)C=CC(Nc3ccc(-c4cccs4)cc3)=CC2)s1. The molecule has 0 fully saturated rings. The molecule has 0 aliphatic heterocycles. The highest BCUT2D eigenvalue weighted by molar-refractivity contribution is 9.11. The molecule has 6 rings (SSSR count). The highest BCUT2D eigenvalue weighted by atomic mass is 79.9. The minimum Gasteiger partial charge on any atom is -0.356 e. The molecule has 0 saturated heterocycles. The van der Waals surface area contributed by atoms with Gasteiger partial charge in [-0.05, 0) is 92.3 Å². The fourth-order valence-corrected chi connectivity index (χ4v) is 7.74. The van der Waals surface area contributed by atoms with E-state index >= 15 is 0 Å². The van der Waals surface area contributed by atoms with Crippen molar-refractivity contribution in [1.29, 1.82) is 0 Å². The van der Waals surface area contributed by atoms with Crippen LogP contribution in [0.2, 0.25) is 0 Å². The third kappa shape index (κ3) is 4.50. The molecule has 3 aromatic heterocycles. The van der Waals surface area contributed by atoms with Gasteiger partial charge in [0.15, 0.2) is 0 Å². The topological polar surface area (TPSA) is 12.0 Å². The summed E-state index contributed by atoms with van der Waals surface area (Å²) in [6, 6.07) is 30.6. The van der Waals surface area contributed by atoms with Crippen molar-refractivity contribution < 1.29 is 0 Å². The maximum absolute atomic E-state index is 3.65. The Labute approximate surface area is 226 Å². The number of nitrogens with one attached hydrogen (secondary N) is 1. The Morgan fingerprint density at radius 1 is 0.771 bits per heavy atom. The van der Waals surface area contributed by atoms with Crippen molar-refractivity contribution in [2.45, 2.75) is 11.8 Å². The fraction of sp³-hybridized carbons (Fsp3) is 0.0667. The first kappa shape index (κ1) is 22.7. The molecule has 172 valence electrons. The van der Waals surface area contributed by atoms with Gasteiger partial charge in [-0.25, -0.2) is 0 Å². The zero-order valence-corrected chi connectivity index (χ0v) is 22.8. The average Bonchev–Trinajstić information content (AvgIpc) is 3.69. The molecule has 5 aromatic rings. The van der Waals surface area contributed by atoms with Crippen LogP contribution in [0.15, 0.2) is 123 Å². The lowest BCUT2D eigenvalue weighted by molar-refractivity contribution is 0.660. The summed E-state index contributed by atoms with van der Waals surface area (Å²) < 4.78 is 1.16. The number of anilines is 1. The van der Waals surface area contributed by atoms with Gasteiger partial charge in [-0.1, -0.05) is 60.7 Å². The van der Waals surface area contributed by atoms with Gasteiger partial charge in [0.1, 0.15) is 0 Å². The summed E-state index contributed by atoms with van der Waals surface area (Å²) in [7, 11) is 0. The minimum absolute atomic E-state index is 0.185. The standard InChI is InChI=1S/C30H22BrNS3/c31-29-14-13-27(35-29)24-5-1-2-6-25(24)30(28-8-4-20-34-28)17-15-23(16-18-30)32-22-11-9-21(10-12-22)26-7-3-19-33-26/h1-17,19-20,32H,18H2. The highest BCUT2D eigenvalue weighted by Gasteiger charge is 2.35. The molecule has 1 nitrogen and oxygen atoms in total. The normalized spacial score (nSPS) is 17.3. The molecule has 1 aliphatic rings. The van der Waals surface area contributed by atoms with Crippen LogP contribution in [-0.4, -0.2) is 0 Å². The molecule has 3 heterocycles. The highest BCUT2D eigenvalue weighted by Crippen LogP contribution is 2.47. The Bertz CT molecular complexity index is 1490. The summed E-state index contributed by atoms with van der Waals surface area (Å²) in [6.45, 7) is 0. The molecule has 0 bridgehead atoms. The van der Waals surface area contributed by atoms with Gasteiger partial charge < -0.3 is 5.32 Å². The second-order valence-electron chi connectivity index (χ2n) is 8.47. The van der Waals surface area contributed by atoms with Crippen molar-refractivity contribution >= 4 is 55.6 Å². The summed E-state index contributed by atoms with van der Waals surface area (Å²) in [5.74, 6) is 0. The predicted octanol–water partition coefficient (Wildman–Crippen LogP) is 10.2. The molecule has 5 heteroatoms. The largest absolute Gasteiger partial charge is 0.356 e. The third-order valence-electron chi connectivity index (χ3n) is 6.38. The van der Waals surface area contributed by atoms with Crippen molar-refractivity contribution in [2.24, 2.45) is 0 Å². The number of allylic oxidation sites excluding steroid dienone is 3. The summed E-state index contributed by atoms with van der Waals surface area (Å²) in [6.07, 6.45) is 7.89. The first-order valence-corrected chi connectivity index (χ1v) is 14.8. The monoisotopic (exact) mass is 571 g/mol. The van der Waals surface area contributed by atoms with Gasteiger partial charge in [0.2, 0.25) is 0 Å². The second-order valence-corrected chi connectivity index (χ2v) is 12.8. The summed E-state index contributed by atoms with van der Waals surface area (Å²) in [5.41, 5.74) is 5.97. The van der Waals surface area contributed by atoms with Crippen LogP contribution in [-0.2, 0) is 5.41 Å². The lowest BCUT2D eigenvalue weighted by Crippen LogP contribution is -2.26. The average molecular weight is 573 g/mol. The smallest absolute Gasteiger partial charge is 0.0705 e. The molecule has 0 saturated carbocycles. The molecular weight excluding hydrogens is 550 g/mol. The number of hydrogen-bond acceptors (Lipinski definition) is 4. The van der Waals surface area contributed by atoms with Crippen LogP contribution in [0.5, 0.6) is 0 Å². The summed E-state index contributed by atoms with van der Waals surface area (Å²) >= 11 is 9.04. The van der Waals surface area contributed by atoms with Gasteiger partial charge in [0.25, 0.3) is 0 Å². The summed E-state index contributed by atoms with van der Waals surface area (Å²) in [5, 5.41) is 7.92. The molecule has 0 amide bonds. The van der Waals surface area contributed by atoms with Gasteiger partial charge in [-0.2, -0.15) is 0 Å². The van der Waals surface area contributed by atoms with E-state index in [0.717, 1.165) is 21.6 Å². The molecule has 1 atom stereocenters. The Hall–Kier alpha value is -2.70. The van der Waals surface area contributed by atoms with E-state index < -0.39 is 0 Å². The van der Waals surface area contributed by atoms with Gasteiger partial charge in [0.05, 0.1) is 9.20 Å². The first-order chi connectivity index (χ1) is 17.2. The number of halogens is 1. The van der Waals surface area contributed by atoms with E-state index in [1.165, 1.54) is 31.3 Å². The molecule has 0 radical (unpaired) electrons. The number of benzene rings is 2. The number of rotatable bonds is 6. The van der Waals surface area contributed by atoms with Crippen molar-refractivity contribution in [1.82, 2.24) is 0 Å². The van der Waals surface area contributed by atoms with E-state index in [1.54, 1.807) is 22.7 Å². The van der Waals surface area contributed by atoms with Gasteiger partial charge in [-0.15, -0.1) is 34.0 Å². The van der Waals surface area contributed by atoms with Crippen LogP contribution >= 0.6 is 49.9 Å². The zero-order chi connectivity index (χ0) is 23.7. The Morgan fingerprint density at radius 2 is 1.60 bits per heavy atom. The fourth-order valence-electron chi connectivity index (χ4n) is 4.65. The van der Waals surface area contributed by atoms with E-state index in [1.807, 2.05) is 11.3 Å². The van der Waals surface area contributed by atoms with E-state index in [9.17, 15) is 0 Å². The molecular formula is C30H22BrNS3. The lowest BCUT2D eigenvalue weighted by Gasteiger charge is -2.34. The van der Waals surface area contributed by atoms with Gasteiger partial charge >= 0.3 is 0 Å². The Morgan fingerprint density at radius 3 is 2.29 bits per heavy atom. The van der Waals surface area contributed by atoms with Crippen molar-refractivity contribution in [3.8, 4) is 20.9 Å². The number of hydrogen-bond donors (Lipinski definition) is 1.